The molecule has 0 unspecified atom stereocenters. The standard InChI is InChI=1S/C24H21N3O7S/c1-4-34-23(30)20-13(2)26-22(29)19(11-14-8-9-17(28)18(10-14)33-3)35-24(26)25-21(20)15-6-5-7-16(12-15)27(31)32/h5-12,21,28H,4H2,1-3H3/b19-11-/t21-/m1/s1. The molecule has 1 aliphatic rings. The lowest BCUT2D eigenvalue weighted by Crippen LogP contribution is -2.35. The van der Waals surface area contributed by atoms with Crippen molar-refractivity contribution in [3.05, 3.63) is 89.0 Å². The summed E-state index contributed by atoms with van der Waals surface area (Å²) in [6.07, 6.45) is 1.63. The van der Waals surface area contributed by atoms with Gasteiger partial charge in [0.1, 0.15) is 6.04 Å². The van der Waals surface area contributed by atoms with Crippen LogP contribution in [0.4, 0.5) is 5.69 Å². The molecule has 0 aliphatic carbocycles. The SMILES string of the molecule is CCOC(=O)C1=C(C)n2c(s/c(=C\c3ccc(O)c(OC)c3)c2=O)=N[C@@H]1c1cccc([N+](=O)[O-])c1. The van der Waals surface area contributed by atoms with Gasteiger partial charge in [-0.2, -0.15) is 0 Å². The number of carbonyl (C=O) groups is 1. The Hall–Kier alpha value is -4.25. The van der Waals surface area contributed by atoms with Crippen molar-refractivity contribution in [1.82, 2.24) is 4.57 Å². The molecular formula is C24H21N3O7S. The molecule has 0 radical (unpaired) electrons. The first kappa shape index (κ1) is 23.9. The highest BCUT2D eigenvalue weighted by Crippen LogP contribution is 2.33. The first-order valence-corrected chi connectivity index (χ1v) is 11.4. The van der Waals surface area contributed by atoms with Gasteiger partial charge in [-0.3, -0.25) is 19.5 Å². The highest BCUT2D eigenvalue weighted by atomic mass is 32.1. The quantitative estimate of drug-likeness (QED) is 0.316. The number of nitro groups is 1. The second-order valence-electron chi connectivity index (χ2n) is 7.57. The fourth-order valence-electron chi connectivity index (χ4n) is 3.80. The van der Waals surface area contributed by atoms with Gasteiger partial charge >= 0.3 is 5.97 Å². The number of nitrogens with zero attached hydrogens (tertiary/aromatic N) is 3. The maximum Gasteiger partial charge on any atom is 0.338 e. The number of carbonyl (C=O) groups excluding carboxylic acids is 1. The summed E-state index contributed by atoms with van der Waals surface area (Å²) >= 11 is 1.12. The number of aromatic nitrogens is 1. The summed E-state index contributed by atoms with van der Waals surface area (Å²) in [4.78, 5) is 42.0. The van der Waals surface area contributed by atoms with Crippen molar-refractivity contribution >= 4 is 34.8 Å². The molecule has 2 heterocycles. The fourth-order valence-corrected chi connectivity index (χ4v) is 4.84. The molecule has 1 atom stereocenters. The van der Waals surface area contributed by atoms with E-state index >= 15 is 0 Å². The lowest BCUT2D eigenvalue weighted by molar-refractivity contribution is -0.384. The molecule has 4 rings (SSSR count). The number of allylic oxidation sites excluding steroid dienone is 1. The molecule has 0 saturated carbocycles. The number of methoxy groups -OCH3 is 1. The van der Waals surface area contributed by atoms with E-state index in [4.69, 9.17) is 9.47 Å². The Balaban J connectivity index is 1.94. The predicted octanol–water partition coefficient (Wildman–Crippen LogP) is 2.53. The van der Waals surface area contributed by atoms with Crippen molar-refractivity contribution < 1.29 is 24.3 Å². The van der Waals surface area contributed by atoms with Gasteiger partial charge in [0.15, 0.2) is 16.3 Å². The minimum Gasteiger partial charge on any atom is -0.504 e. The average molecular weight is 496 g/mol. The number of esters is 1. The van der Waals surface area contributed by atoms with Crippen LogP contribution in [-0.2, 0) is 9.53 Å². The van der Waals surface area contributed by atoms with Crippen LogP contribution in [0.1, 0.15) is 31.0 Å². The first-order valence-electron chi connectivity index (χ1n) is 10.6. The van der Waals surface area contributed by atoms with E-state index in [-0.39, 0.29) is 34.9 Å². The van der Waals surface area contributed by atoms with Crippen LogP contribution in [-0.4, -0.2) is 34.3 Å². The number of phenols is 1. The minimum atomic E-state index is -0.881. The Kier molecular flexibility index (Phi) is 6.52. The molecule has 0 saturated heterocycles. The molecule has 1 aliphatic heterocycles. The van der Waals surface area contributed by atoms with Crippen LogP contribution in [0.25, 0.3) is 11.8 Å². The average Bonchev–Trinajstić information content (AvgIpc) is 3.15. The van der Waals surface area contributed by atoms with E-state index in [1.165, 1.54) is 35.9 Å². The number of nitro benzene ring substituents is 1. The van der Waals surface area contributed by atoms with E-state index in [1.807, 2.05) is 0 Å². The van der Waals surface area contributed by atoms with Crippen molar-refractivity contribution in [2.45, 2.75) is 19.9 Å². The molecule has 10 nitrogen and oxygen atoms in total. The normalized spacial score (nSPS) is 15.4. The van der Waals surface area contributed by atoms with E-state index < -0.39 is 16.9 Å². The maximum absolute atomic E-state index is 13.3. The number of phenolic OH excluding ortho intramolecular Hbond substituents is 1. The summed E-state index contributed by atoms with van der Waals surface area (Å²) in [5.41, 5.74) is 1.02. The van der Waals surface area contributed by atoms with Gasteiger partial charge in [-0.15, -0.1) is 0 Å². The van der Waals surface area contributed by atoms with Crippen LogP contribution in [0.15, 0.2) is 57.8 Å². The molecule has 11 heteroatoms. The number of non-ortho nitro benzene ring substituents is 1. The van der Waals surface area contributed by atoms with Crippen LogP contribution >= 0.6 is 11.3 Å². The number of fused-ring (bicyclic) bond motifs is 1. The number of rotatable bonds is 6. The molecule has 1 N–H and O–H groups in total. The number of thiazole rings is 1. The van der Waals surface area contributed by atoms with Gasteiger partial charge in [-0.1, -0.05) is 29.5 Å². The van der Waals surface area contributed by atoms with Gasteiger partial charge in [-0.25, -0.2) is 9.79 Å². The zero-order valence-electron chi connectivity index (χ0n) is 19.0. The second-order valence-corrected chi connectivity index (χ2v) is 8.58. The molecule has 0 spiro atoms. The smallest absolute Gasteiger partial charge is 0.338 e. The van der Waals surface area contributed by atoms with Crippen molar-refractivity contribution in [3.63, 3.8) is 0 Å². The van der Waals surface area contributed by atoms with Crippen LogP contribution < -0.4 is 19.6 Å². The third kappa shape index (κ3) is 4.45. The molecule has 0 amide bonds. The number of ether oxygens (including phenoxy) is 2. The van der Waals surface area contributed by atoms with Gasteiger partial charge in [0.05, 0.1) is 28.7 Å². The van der Waals surface area contributed by atoms with E-state index in [0.29, 0.717) is 26.2 Å². The highest BCUT2D eigenvalue weighted by molar-refractivity contribution is 7.07. The van der Waals surface area contributed by atoms with Crippen LogP contribution in [0.5, 0.6) is 11.5 Å². The van der Waals surface area contributed by atoms with E-state index in [0.717, 1.165) is 11.3 Å². The highest BCUT2D eigenvalue weighted by Gasteiger charge is 2.32. The predicted molar refractivity (Wildman–Crippen MR) is 129 cm³/mol. The van der Waals surface area contributed by atoms with Crippen molar-refractivity contribution in [2.24, 2.45) is 4.99 Å². The van der Waals surface area contributed by atoms with E-state index in [9.17, 15) is 24.8 Å². The zero-order valence-corrected chi connectivity index (χ0v) is 19.9. The lowest BCUT2D eigenvalue weighted by atomic mass is 9.96. The fraction of sp³-hybridized carbons (Fsp3) is 0.208. The van der Waals surface area contributed by atoms with Crippen LogP contribution in [0, 0.1) is 10.1 Å². The third-order valence-corrected chi connectivity index (χ3v) is 6.42. The Bertz CT molecular complexity index is 1550. The van der Waals surface area contributed by atoms with E-state index in [1.54, 1.807) is 38.1 Å². The molecular weight excluding hydrogens is 474 g/mol. The second kappa shape index (κ2) is 9.55. The summed E-state index contributed by atoms with van der Waals surface area (Å²) in [6, 6.07) is 9.69. The molecule has 180 valence electrons. The number of hydrogen-bond donors (Lipinski definition) is 1. The molecule has 0 bridgehead atoms. The van der Waals surface area contributed by atoms with Gasteiger partial charge in [-0.05, 0) is 43.2 Å². The van der Waals surface area contributed by atoms with E-state index in [2.05, 4.69) is 4.99 Å². The molecule has 35 heavy (non-hydrogen) atoms. The van der Waals surface area contributed by atoms with Crippen LogP contribution in [0.2, 0.25) is 0 Å². The topological polar surface area (TPSA) is 133 Å². The number of benzene rings is 2. The third-order valence-electron chi connectivity index (χ3n) is 5.44. The number of hydrogen-bond acceptors (Lipinski definition) is 9. The Labute approximate surface area is 202 Å². The maximum atomic E-state index is 13.3. The zero-order chi connectivity index (χ0) is 25.3. The van der Waals surface area contributed by atoms with Crippen LogP contribution in [0.3, 0.4) is 0 Å². The molecule has 0 fully saturated rings. The summed E-state index contributed by atoms with van der Waals surface area (Å²) in [5.74, 6) is -0.418. The number of aromatic hydroxyl groups is 1. The van der Waals surface area contributed by atoms with Crippen molar-refractivity contribution in [3.8, 4) is 11.5 Å². The van der Waals surface area contributed by atoms with Crippen molar-refractivity contribution in [1.29, 1.82) is 0 Å². The van der Waals surface area contributed by atoms with Gasteiger partial charge < -0.3 is 14.6 Å². The summed E-state index contributed by atoms with van der Waals surface area (Å²) in [5, 5.41) is 21.1. The lowest BCUT2D eigenvalue weighted by Gasteiger charge is -2.22. The largest absolute Gasteiger partial charge is 0.504 e. The van der Waals surface area contributed by atoms with Gasteiger partial charge in [0.2, 0.25) is 0 Å². The summed E-state index contributed by atoms with van der Waals surface area (Å²) in [7, 11) is 1.43. The Morgan fingerprint density at radius 3 is 2.77 bits per heavy atom. The first-order chi connectivity index (χ1) is 16.7. The van der Waals surface area contributed by atoms with Crippen molar-refractivity contribution in [2.75, 3.05) is 13.7 Å². The minimum absolute atomic E-state index is 0.0282. The monoisotopic (exact) mass is 495 g/mol. The molecule has 2 aromatic carbocycles. The van der Waals surface area contributed by atoms with Gasteiger partial charge in [0.25, 0.3) is 11.2 Å². The Morgan fingerprint density at radius 2 is 2.09 bits per heavy atom. The van der Waals surface area contributed by atoms with Gasteiger partial charge in [0, 0.05) is 17.8 Å². The summed E-state index contributed by atoms with van der Waals surface area (Å²) < 4.78 is 12.0. The summed E-state index contributed by atoms with van der Waals surface area (Å²) in [6.45, 7) is 3.40. The Morgan fingerprint density at radius 1 is 1.31 bits per heavy atom. The molecule has 1 aromatic heterocycles. The molecule has 3 aromatic rings.